The topological polar surface area (TPSA) is 49.8 Å². The lowest BCUT2D eigenvalue weighted by Gasteiger charge is -2.22. The van der Waals surface area contributed by atoms with Crippen LogP contribution in [0.15, 0.2) is 48.5 Å². The molecule has 1 atom stereocenters. The van der Waals surface area contributed by atoms with E-state index in [9.17, 15) is 23.1 Å². The Balaban J connectivity index is 1.96. The van der Waals surface area contributed by atoms with Crippen molar-refractivity contribution in [3.05, 3.63) is 65.2 Å². The Morgan fingerprint density at radius 2 is 1.77 bits per heavy atom. The number of carbonyl (C=O) groups excluding carboxylic acids is 1. The average molecular weight is 367 g/mol. The Labute approximate surface area is 149 Å². The number of carbonyl (C=O) groups is 1. The number of nitrogens with zero attached hydrogens (tertiary/aromatic N) is 1. The van der Waals surface area contributed by atoms with Gasteiger partial charge in [0, 0.05) is 19.2 Å². The predicted octanol–water partition coefficient (Wildman–Crippen LogP) is 3.53. The molecule has 0 fully saturated rings. The maximum atomic E-state index is 12.9. The second kappa shape index (κ2) is 8.23. The van der Waals surface area contributed by atoms with Crippen LogP contribution in [0.4, 0.5) is 13.2 Å². The Morgan fingerprint density at radius 1 is 1.15 bits per heavy atom. The molecular weight excluding hydrogens is 347 g/mol. The first-order valence-corrected chi connectivity index (χ1v) is 7.98. The summed E-state index contributed by atoms with van der Waals surface area (Å²) < 4.78 is 43.9. The van der Waals surface area contributed by atoms with E-state index in [4.69, 9.17) is 4.74 Å². The third-order valence-electron chi connectivity index (χ3n) is 3.83. The summed E-state index contributed by atoms with van der Waals surface area (Å²) >= 11 is 0. The molecule has 1 amide bonds. The van der Waals surface area contributed by atoms with Crippen LogP contribution in [0.3, 0.4) is 0 Å². The largest absolute Gasteiger partial charge is 0.490 e. The van der Waals surface area contributed by atoms with Crippen molar-refractivity contribution in [1.29, 1.82) is 0 Å². The van der Waals surface area contributed by atoms with Crippen LogP contribution < -0.4 is 4.74 Å². The molecule has 2 rings (SSSR count). The monoisotopic (exact) mass is 367 g/mol. The number of amides is 1. The van der Waals surface area contributed by atoms with Crippen LogP contribution in [0.2, 0.25) is 0 Å². The number of aliphatic hydroxyl groups excluding tert-OH is 1. The molecule has 26 heavy (non-hydrogen) atoms. The molecular formula is C19H20F3NO3. The molecule has 140 valence electrons. The molecule has 0 spiro atoms. The van der Waals surface area contributed by atoms with Crippen LogP contribution in [0.25, 0.3) is 0 Å². The maximum absolute atomic E-state index is 12.9. The van der Waals surface area contributed by atoms with Crippen molar-refractivity contribution in [2.24, 2.45) is 0 Å². The van der Waals surface area contributed by atoms with Gasteiger partial charge in [0.25, 0.3) is 5.91 Å². The van der Waals surface area contributed by atoms with Gasteiger partial charge in [-0.05, 0) is 30.7 Å². The summed E-state index contributed by atoms with van der Waals surface area (Å²) in [5, 5.41) is 10.0. The summed E-state index contributed by atoms with van der Waals surface area (Å²) in [4.78, 5) is 13.7. The van der Waals surface area contributed by atoms with E-state index in [1.165, 1.54) is 30.1 Å². The molecule has 0 radical (unpaired) electrons. The second-order valence-corrected chi connectivity index (χ2v) is 5.96. The van der Waals surface area contributed by atoms with E-state index in [1.54, 1.807) is 25.1 Å². The SMILES string of the molecule is Cc1ccccc1C(=O)N(C)CC(O)COc1ccccc1C(F)(F)F. The van der Waals surface area contributed by atoms with Gasteiger partial charge in [0.2, 0.25) is 0 Å². The van der Waals surface area contributed by atoms with E-state index in [-0.39, 0.29) is 24.8 Å². The third kappa shape index (κ3) is 4.98. The summed E-state index contributed by atoms with van der Waals surface area (Å²) in [7, 11) is 1.52. The highest BCUT2D eigenvalue weighted by molar-refractivity contribution is 5.95. The van der Waals surface area contributed by atoms with Gasteiger partial charge >= 0.3 is 6.18 Å². The number of rotatable bonds is 6. The molecule has 4 nitrogen and oxygen atoms in total. The number of hydrogen-bond donors (Lipinski definition) is 1. The Kier molecular flexibility index (Phi) is 6.26. The van der Waals surface area contributed by atoms with Gasteiger partial charge in [-0.3, -0.25) is 4.79 Å². The number of aryl methyl sites for hydroxylation is 1. The minimum absolute atomic E-state index is 0.0681. The van der Waals surface area contributed by atoms with Crippen LogP contribution >= 0.6 is 0 Å². The van der Waals surface area contributed by atoms with Gasteiger partial charge in [-0.15, -0.1) is 0 Å². The zero-order valence-corrected chi connectivity index (χ0v) is 14.5. The highest BCUT2D eigenvalue weighted by Gasteiger charge is 2.34. The first-order valence-electron chi connectivity index (χ1n) is 7.98. The van der Waals surface area contributed by atoms with E-state index in [1.807, 2.05) is 6.07 Å². The van der Waals surface area contributed by atoms with Gasteiger partial charge in [0.05, 0.1) is 5.56 Å². The standard InChI is InChI=1S/C19H20F3NO3/c1-13-7-3-4-8-15(13)18(25)23(2)11-14(24)12-26-17-10-6-5-9-16(17)19(20,21)22/h3-10,14,24H,11-12H2,1-2H3. The smallest absolute Gasteiger partial charge is 0.419 e. The lowest BCUT2D eigenvalue weighted by Crippen LogP contribution is -2.37. The van der Waals surface area contributed by atoms with Crippen molar-refractivity contribution in [2.75, 3.05) is 20.2 Å². The first-order chi connectivity index (χ1) is 12.2. The first kappa shape index (κ1) is 19.8. The van der Waals surface area contributed by atoms with Crippen molar-refractivity contribution < 1.29 is 27.8 Å². The molecule has 2 aromatic rings. The molecule has 2 aromatic carbocycles. The second-order valence-electron chi connectivity index (χ2n) is 5.96. The van der Waals surface area contributed by atoms with Crippen molar-refractivity contribution in [3.8, 4) is 5.75 Å². The molecule has 0 aromatic heterocycles. The Bertz CT molecular complexity index is 762. The normalized spacial score (nSPS) is 12.5. The molecule has 0 saturated heterocycles. The molecule has 1 N–H and O–H groups in total. The molecule has 7 heteroatoms. The fourth-order valence-electron chi connectivity index (χ4n) is 2.48. The summed E-state index contributed by atoms with van der Waals surface area (Å²) in [5.74, 6) is -0.634. The van der Waals surface area contributed by atoms with Crippen molar-refractivity contribution >= 4 is 5.91 Å². The van der Waals surface area contributed by atoms with Crippen LogP contribution in [0, 0.1) is 6.92 Å². The zero-order valence-electron chi connectivity index (χ0n) is 14.5. The summed E-state index contributed by atoms with van der Waals surface area (Å²) in [5.41, 5.74) is 0.399. The van der Waals surface area contributed by atoms with Crippen molar-refractivity contribution in [2.45, 2.75) is 19.2 Å². The number of para-hydroxylation sites is 1. The quantitative estimate of drug-likeness (QED) is 0.850. The van der Waals surface area contributed by atoms with Gasteiger partial charge in [-0.1, -0.05) is 30.3 Å². The minimum atomic E-state index is -4.54. The molecule has 0 aliphatic rings. The van der Waals surface area contributed by atoms with Crippen molar-refractivity contribution in [1.82, 2.24) is 4.90 Å². The predicted molar refractivity (Wildman–Crippen MR) is 91.1 cm³/mol. The lowest BCUT2D eigenvalue weighted by atomic mass is 10.1. The molecule has 0 saturated carbocycles. The molecule has 0 aliphatic carbocycles. The summed E-state index contributed by atoms with van der Waals surface area (Å²) in [6.07, 6.45) is -5.67. The Hall–Kier alpha value is -2.54. The van der Waals surface area contributed by atoms with Crippen LogP contribution in [-0.2, 0) is 6.18 Å². The van der Waals surface area contributed by atoms with E-state index in [2.05, 4.69) is 0 Å². The maximum Gasteiger partial charge on any atom is 0.419 e. The number of halogens is 3. The highest BCUT2D eigenvalue weighted by Crippen LogP contribution is 2.35. The highest BCUT2D eigenvalue weighted by atomic mass is 19.4. The fraction of sp³-hybridized carbons (Fsp3) is 0.316. The zero-order chi connectivity index (χ0) is 19.3. The fourth-order valence-corrected chi connectivity index (χ4v) is 2.48. The third-order valence-corrected chi connectivity index (χ3v) is 3.83. The number of hydrogen-bond acceptors (Lipinski definition) is 3. The van der Waals surface area contributed by atoms with E-state index in [0.717, 1.165) is 11.6 Å². The van der Waals surface area contributed by atoms with Gasteiger partial charge < -0.3 is 14.7 Å². The van der Waals surface area contributed by atoms with E-state index >= 15 is 0 Å². The molecule has 0 heterocycles. The van der Waals surface area contributed by atoms with Gasteiger partial charge in [-0.25, -0.2) is 0 Å². The number of aliphatic hydroxyl groups is 1. The average Bonchev–Trinajstić information content (AvgIpc) is 2.59. The number of benzene rings is 2. The van der Waals surface area contributed by atoms with Crippen LogP contribution in [0.1, 0.15) is 21.5 Å². The van der Waals surface area contributed by atoms with E-state index < -0.39 is 17.8 Å². The molecule has 1 unspecified atom stereocenters. The molecule has 0 bridgehead atoms. The Morgan fingerprint density at radius 3 is 2.42 bits per heavy atom. The van der Waals surface area contributed by atoms with Gasteiger partial charge in [0.15, 0.2) is 0 Å². The lowest BCUT2D eigenvalue weighted by molar-refractivity contribution is -0.139. The van der Waals surface area contributed by atoms with Gasteiger partial charge in [-0.2, -0.15) is 13.2 Å². The number of likely N-dealkylation sites (N-methyl/N-ethyl adjacent to an activating group) is 1. The molecule has 0 aliphatic heterocycles. The van der Waals surface area contributed by atoms with Crippen molar-refractivity contribution in [3.63, 3.8) is 0 Å². The summed E-state index contributed by atoms with van der Waals surface area (Å²) in [6, 6.07) is 11.8. The van der Waals surface area contributed by atoms with Gasteiger partial charge in [0.1, 0.15) is 18.5 Å². The minimum Gasteiger partial charge on any atom is -0.490 e. The number of ether oxygens (including phenoxy) is 1. The van der Waals surface area contributed by atoms with E-state index in [0.29, 0.717) is 5.56 Å². The van der Waals surface area contributed by atoms with Crippen LogP contribution in [-0.4, -0.2) is 42.2 Å². The number of alkyl halides is 3. The van der Waals surface area contributed by atoms with Crippen LogP contribution in [0.5, 0.6) is 5.75 Å². The summed E-state index contributed by atoms with van der Waals surface area (Å²) in [6.45, 7) is 1.37.